The smallest absolute Gasteiger partial charge is 0.167 e. The molecule has 18 heavy (non-hydrogen) atoms. The fourth-order valence-electron chi connectivity index (χ4n) is 1.69. The second-order valence-electron chi connectivity index (χ2n) is 3.96. The van der Waals surface area contributed by atoms with Crippen LogP contribution in [0.4, 0.5) is 0 Å². The largest absolute Gasteiger partial charge is 0.497 e. The average Bonchev–Trinajstić information content (AvgIpc) is 2.39. The van der Waals surface area contributed by atoms with Crippen molar-refractivity contribution in [2.75, 3.05) is 7.11 Å². The Balaban J connectivity index is 2.11. The summed E-state index contributed by atoms with van der Waals surface area (Å²) in [4.78, 5) is 12.1. The number of ketones is 1. The molecule has 2 aromatic rings. The molecule has 0 aliphatic rings. The number of benzene rings is 2. The van der Waals surface area contributed by atoms with Gasteiger partial charge in [-0.25, -0.2) is 0 Å². The van der Waals surface area contributed by atoms with E-state index in [1.165, 1.54) is 0 Å². The quantitative estimate of drug-likeness (QED) is 0.619. The highest BCUT2D eigenvalue weighted by atomic mass is 127. The van der Waals surface area contributed by atoms with Crippen LogP contribution < -0.4 is 4.74 Å². The van der Waals surface area contributed by atoms with E-state index < -0.39 is 0 Å². The summed E-state index contributed by atoms with van der Waals surface area (Å²) in [5.74, 6) is 0.944. The van der Waals surface area contributed by atoms with Crippen LogP contribution >= 0.6 is 22.6 Å². The third kappa shape index (κ3) is 3.32. The van der Waals surface area contributed by atoms with Gasteiger partial charge in [0, 0.05) is 15.6 Å². The van der Waals surface area contributed by atoms with Crippen molar-refractivity contribution in [2.45, 2.75) is 6.42 Å². The molecule has 3 heteroatoms. The fraction of sp³-hybridized carbons (Fsp3) is 0.133. The average molecular weight is 352 g/mol. The van der Waals surface area contributed by atoms with Gasteiger partial charge in [0.05, 0.1) is 7.11 Å². The number of rotatable bonds is 4. The van der Waals surface area contributed by atoms with Crippen LogP contribution in [-0.2, 0) is 6.42 Å². The van der Waals surface area contributed by atoms with Crippen molar-refractivity contribution in [3.63, 3.8) is 0 Å². The number of methoxy groups -OCH3 is 1. The summed E-state index contributed by atoms with van der Waals surface area (Å²) >= 11 is 2.21. The monoisotopic (exact) mass is 352 g/mol. The number of halogens is 1. The minimum atomic E-state index is 0.138. The lowest BCUT2D eigenvalue weighted by Gasteiger charge is -2.04. The highest BCUT2D eigenvalue weighted by Crippen LogP contribution is 2.14. The van der Waals surface area contributed by atoms with Gasteiger partial charge in [0.1, 0.15) is 5.75 Å². The molecule has 0 N–H and O–H groups in total. The van der Waals surface area contributed by atoms with E-state index in [1.807, 2.05) is 48.5 Å². The molecule has 0 fully saturated rings. The Morgan fingerprint density at radius 2 is 1.89 bits per heavy atom. The van der Waals surface area contributed by atoms with Crippen molar-refractivity contribution < 1.29 is 9.53 Å². The van der Waals surface area contributed by atoms with E-state index in [0.717, 1.165) is 20.4 Å². The first-order valence-corrected chi connectivity index (χ1v) is 6.68. The topological polar surface area (TPSA) is 26.3 Å². The Hall–Kier alpha value is -1.36. The van der Waals surface area contributed by atoms with E-state index in [0.29, 0.717) is 6.42 Å². The first kappa shape index (κ1) is 13.1. The molecule has 0 aromatic heterocycles. The zero-order valence-corrected chi connectivity index (χ0v) is 12.2. The molecular weight excluding hydrogens is 339 g/mol. The summed E-state index contributed by atoms with van der Waals surface area (Å²) in [7, 11) is 1.63. The molecule has 0 unspecified atom stereocenters. The summed E-state index contributed by atoms with van der Waals surface area (Å²) in [6, 6.07) is 15.2. The van der Waals surface area contributed by atoms with Crippen molar-refractivity contribution in [1.29, 1.82) is 0 Å². The summed E-state index contributed by atoms with van der Waals surface area (Å²) < 4.78 is 6.17. The molecule has 0 spiro atoms. The molecule has 0 aliphatic heterocycles. The number of Topliss-reactive ketones (excluding diaryl/α,β-unsaturated/α-hetero) is 1. The Kier molecular flexibility index (Phi) is 4.36. The highest BCUT2D eigenvalue weighted by Gasteiger charge is 2.07. The minimum absolute atomic E-state index is 0.138. The molecule has 2 nitrogen and oxygen atoms in total. The summed E-state index contributed by atoms with van der Waals surface area (Å²) in [5.41, 5.74) is 1.76. The Labute approximate surface area is 120 Å². The van der Waals surface area contributed by atoms with Gasteiger partial charge < -0.3 is 4.74 Å². The normalized spacial score (nSPS) is 10.1. The van der Waals surface area contributed by atoms with Crippen LogP contribution in [0, 0.1) is 3.57 Å². The SMILES string of the molecule is COc1ccc(CC(=O)c2cccc(I)c2)cc1. The maximum atomic E-state index is 12.1. The number of hydrogen-bond acceptors (Lipinski definition) is 2. The maximum Gasteiger partial charge on any atom is 0.167 e. The first-order valence-electron chi connectivity index (χ1n) is 5.61. The molecule has 0 saturated carbocycles. The second-order valence-corrected chi connectivity index (χ2v) is 5.20. The fourth-order valence-corrected chi connectivity index (χ4v) is 2.24. The maximum absolute atomic E-state index is 12.1. The van der Waals surface area contributed by atoms with Crippen LogP contribution in [0.15, 0.2) is 48.5 Å². The van der Waals surface area contributed by atoms with E-state index in [1.54, 1.807) is 7.11 Å². The predicted octanol–water partition coefficient (Wildman–Crippen LogP) is 3.73. The number of carbonyl (C=O) groups excluding carboxylic acids is 1. The molecule has 0 saturated heterocycles. The molecule has 2 rings (SSSR count). The Bertz CT molecular complexity index is 547. The summed E-state index contributed by atoms with van der Waals surface area (Å²) in [5, 5.41) is 0. The Morgan fingerprint density at radius 3 is 2.50 bits per heavy atom. The lowest BCUT2D eigenvalue weighted by molar-refractivity contribution is 0.0993. The third-order valence-corrected chi connectivity index (χ3v) is 3.34. The predicted molar refractivity (Wildman–Crippen MR) is 80.2 cm³/mol. The van der Waals surface area contributed by atoms with E-state index >= 15 is 0 Å². The number of ether oxygens (including phenoxy) is 1. The van der Waals surface area contributed by atoms with Crippen LogP contribution in [0.3, 0.4) is 0 Å². The van der Waals surface area contributed by atoms with Gasteiger partial charge in [-0.1, -0.05) is 24.3 Å². The number of carbonyl (C=O) groups is 1. The van der Waals surface area contributed by atoms with Crippen LogP contribution in [0.1, 0.15) is 15.9 Å². The van der Waals surface area contributed by atoms with Crippen molar-refractivity contribution >= 4 is 28.4 Å². The molecule has 92 valence electrons. The van der Waals surface area contributed by atoms with Gasteiger partial charge in [-0.05, 0) is 52.4 Å². The first-order chi connectivity index (χ1) is 8.69. The molecule has 2 aromatic carbocycles. The van der Waals surface area contributed by atoms with Gasteiger partial charge in [0.15, 0.2) is 5.78 Å². The molecule has 0 aliphatic carbocycles. The van der Waals surface area contributed by atoms with Crippen molar-refractivity contribution in [1.82, 2.24) is 0 Å². The van der Waals surface area contributed by atoms with Gasteiger partial charge in [-0.3, -0.25) is 4.79 Å². The van der Waals surface area contributed by atoms with Crippen molar-refractivity contribution in [2.24, 2.45) is 0 Å². The molecule has 0 bridgehead atoms. The van der Waals surface area contributed by atoms with Gasteiger partial charge in [-0.15, -0.1) is 0 Å². The highest BCUT2D eigenvalue weighted by molar-refractivity contribution is 14.1. The summed E-state index contributed by atoms with van der Waals surface area (Å²) in [6.45, 7) is 0. The van der Waals surface area contributed by atoms with Crippen LogP contribution in [0.5, 0.6) is 5.75 Å². The molecular formula is C15H13IO2. The van der Waals surface area contributed by atoms with Crippen molar-refractivity contribution in [3.05, 3.63) is 63.2 Å². The van der Waals surface area contributed by atoms with Crippen LogP contribution in [0.2, 0.25) is 0 Å². The van der Waals surface area contributed by atoms with Gasteiger partial charge in [0.2, 0.25) is 0 Å². The molecule has 0 amide bonds. The number of hydrogen-bond donors (Lipinski definition) is 0. The van der Waals surface area contributed by atoms with Crippen LogP contribution in [-0.4, -0.2) is 12.9 Å². The van der Waals surface area contributed by atoms with E-state index in [4.69, 9.17) is 4.74 Å². The van der Waals surface area contributed by atoms with Crippen molar-refractivity contribution in [3.8, 4) is 5.75 Å². The van der Waals surface area contributed by atoms with Crippen LogP contribution in [0.25, 0.3) is 0 Å². The lowest BCUT2D eigenvalue weighted by atomic mass is 10.0. The minimum Gasteiger partial charge on any atom is -0.497 e. The molecule has 0 atom stereocenters. The standard InChI is InChI=1S/C15H13IO2/c1-18-14-7-5-11(6-8-14)9-15(17)12-3-2-4-13(16)10-12/h2-8,10H,9H2,1H3. The van der Waals surface area contributed by atoms with Gasteiger partial charge in [0.25, 0.3) is 0 Å². The van der Waals surface area contributed by atoms with E-state index in [2.05, 4.69) is 22.6 Å². The Morgan fingerprint density at radius 1 is 1.17 bits per heavy atom. The lowest BCUT2D eigenvalue weighted by Crippen LogP contribution is -2.03. The zero-order valence-electron chi connectivity index (χ0n) is 10.0. The van der Waals surface area contributed by atoms with Gasteiger partial charge in [-0.2, -0.15) is 0 Å². The van der Waals surface area contributed by atoms with E-state index in [9.17, 15) is 4.79 Å². The van der Waals surface area contributed by atoms with Gasteiger partial charge >= 0.3 is 0 Å². The second kappa shape index (κ2) is 6.00. The third-order valence-electron chi connectivity index (χ3n) is 2.67. The molecule has 0 heterocycles. The zero-order chi connectivity index (χ0) is 13.0. The summed E-state index contributed by atoms with van der Waals surface area (Å²) in [6.07, 6.45) is 0.421. The van der Waals surface area contributed by atoms with E-state index in [-0.39, 0.29) is 5.78 Å². The molecule has 0 radical (unpaired) electrons.